The molecule has 0 aromatic rings. The number of hydrogen-bond donors (Lipinski definition) is 2. The topological polar surface area (TPSA) is 73.1 Å². The Hall–Kier alpha value is -2.12. The van der Waals surface area contributed by atoms with Crippen molar-refractivity contribution in [1.82, 2.24) is 5.32 Å². The van der Waals surface area contributed by atoms with Crippen LogP contribution in [0.5, 0.6) is 0 Å². The summed E-state index contributed by atoms with van der Waals surface area (Å²) in [5.41, 5.74) is 0.402. The molecule has 0 saturated carbocycles. The molecular formula is C12H18N2O2. The van der Waals surface area contributed by atoms with Crippen LogP contribution in [0.4, 0.5) is 0 Å². The van der Waals surface area contributed by atoms with Gasteiger partial charge in [0.25, 0.3) is 0 Å². The molecule has 88 valence electrons. The Morgan fingerprint density at radius 1 is 1.44 bits per heavy atom. The van der Waals surface area contributed by atoms with Crippen molar-refractivity contribution in [2.24, 2.45) is 0 Å². The zero-order valence-electron chi connectivity index (χ0n) is 9.57. The lowest BCUT2D eigenvalue weighted by molar-refractivity contribution is -0.118. The maximum atomic E-state index is 10.4. The lowest BCUT2D eigenvalue weighted by Gasteiger charge is -1.96. The fourth-order valence-electron chi connectivity index (χ4n) is 0.223. The molecule has 0 aliphatic carbocycles. The summed E-state index contributed by atoms with van der Waals surface area (Å²) in [5, 5.41) is 17.8. The summed E-state index contributed by atoms with van der Waals surface area (Å²) < 4.78 is 0. The molecule has 0 atom stereocenters. The first-order chi connectivity index (χ1) is 7.51. The predicted octanol–water partition coefficient (Wildman–Crippen LogP) is 1.68. The molecule has 1 amide bonds. The van der Waals surface area contributed by atoms with Crippen LogP contribution in [0.1, 0.15) is 6.92 Å². The van der Waals surface area contributed by atoms with E-state index in [0.717, 1.165) is 0 Å². The van der Waals surface area contributed by atoms with E-state index in [2.05, 4.69) is 31.6 Å². The summed E-state index contributed by atoms with van der Waals surface area (Å²) in [6, 6.07) is 1.69. The zero-order chi connectivity index (χ0) is 13.4. The average Bonchev–Trinajstić information content (AvgIpc) is 2.30. The van der Waals surface area contributed by atoms with Gasteiger partial charge < -0.3 is 10.4 Å². The normalized spacial score (nSPS) is 6.31. The van der Waals surface area contributed by atoms with Gasteiger partial charge in [0.1, 0.15) is 6.73 Å². The van der Waals surface area contributed by atoms with Gasteiger partial charge in [0.05, 0.1) is 6.07 Å². The van der Waals surface area contributed by atoms with Gasteiger partial charge >= 0.3 is 0 Å². The quantitative estimate of drug-likeness (QED) is 0.330. The summed E-state index contributed by atoms with van der Waals surface area (Å²) in [4.78, 5) is 10.4. The maximum absolute atomic E-state index is 10.4. The van der Waals surface area contributed by atoms with Gasteiger partial charge in [-0.2, -0.15) is 5.26 Å². The molecule has 0 fully saturated rings. The van der Waals surface area contributed by atoms with Gasteiger partial charge in [-0.05, 0) is 6.92 Å². The van der Waals surface area contributed by atoms with Crippen molar-refractivity contribution in [3.05, 3.63) is 50.1 Å². The molecule has 0 aliphatic heterocycles. The molecule has 0 radical (unpaired) electrons. The first-order valence-electron chi connectivity index (χ1n) is 4.30. The number of carbonyl (C=O) groups excluding carboxylic acids is 1. The van der Waals surface area contributed by atoms with Crippen LogP contribution in [-0.2, 0) is 4.79 Å². The highest BCUT2D eigenvalue weighted by molar-refractivity contribution is 5.91. The second-order valence-electron chi connectivity index (χ2n) is 2.25. The highest BCUT2D eigenvalue weighted by Gasteiger charge is 1.95. The van der Waals surface area contributed by atoms with Crippen molar-refractivity contribution in [2.45, 2.75) is 6.92 Å². The van der Waals surface area contributed by atoms with Crippen molar-refractivity contribution < 1.29 is 9.90 Å². The molecule has 0 aromatic carbocycles. The fraction of sp³-hybridized carbons (Fsp3) is 0.167. The maximum Gasteiger partial charge on any atom is 0.248 e. The average molecular weight is 222 g/mol. The SMILES string of the molecule is C=C(C)C(=O)NCO.C=CC#N.C=CC=C. The molecule has 4 nitrogen and oxygen atoms in total. The number of carbonyl (C=O) groups is 1. The number of allylic oxidation sites excluding steroid dienone is 3. The van der Waals surface area contributed by atoms with Crippen molar-refractivity contribution in [3.8, 4) is 6.07 Å². The summed E-state index contributed by atoms with van der Waals surface area (Å²) in [6.07, 6.45) is 4.46. The molecule has 0 aromatic heterocycles. The fourth-order valence-corrected chi connectivity index (χ4v) is 0.223. The van der Waals surface area contributed by atoms with Crippen LogP contribution in [0.15, 0.2) is 50.1 Å². The largest absolute Gasteiger partial charge is 0.376 e. The van der Waals surface area contributed by atoms with E-state index < -0.39 is 0 Å². The summed E-state index contributed by atoms with van der Waals surface area (Å²) >= 11 is 0. The van der Waals surface area contributed by atoms with Gasteiger partial charge in [-0.15, -0.1) is 0 Å². The first kappa shape index (κ1) is 19.5. The van der Waals surface area contributed by atoms with Gasteiger partial charge in [-0.1, -0.05) is 38.5 Å². The second kappa shape index (κ2) is 18.6. The highest BCUT2D eigenvalue weighted by Crippen LogP contribution is 1.82. The second-order valence-corrected chi connectivity index (χ2v) is 2.25. The van der Waals surface area contributed by atoms with E-state index in [-0.39, 0.29) is 12.6 Å². The van der Waals surface area contributed by atoms with E-state index in [1.807, 2.05) is 0 Å². The third-order valence-electron chi connectivity index (χ3n) is 0.885. The molecule has 0 spiro atoms. The third kappa shape index (κ3) is 29.7. The lowest BCUT2D eigenvalue weighted by atomic mass is 10.3. The number of nitrogens with zero attached hydrogens (tertiary/aromatic N) is 1. The Morgan fingerprint density at radius 3 is 1.88 bits per heavy atom. The van der Waals surface area contributed by atoms with Crippen molar-refractivity contribution in [1.29, 1.82) is 5.26 Å². The Morgan fingerprint density at radius 2 is 1.81 bits per heavy atom. The van der Waals surface area contributed by atoms with Crippen LogP contribution in [0.2, 0.25) is 0 Å². The first-order valence-corrected chi connectivity index (χ1v) is 4.30. The molecular weight excluding hydrogens is 204 g/mol. The number of hydrogen-bond acceptors (Lipinski definition) is 3. The van der Waals surface area contributed by atoms with Gasteiger partial charge in [-0.25, -0.2) is 0 Å². The van der Waals surface area contributed by atoms with Crippen LogP contribution in [0, 0.1) is 11.3 Å². The van der Waals surface area contributed by atoms with Crippen LogP contribution in [0.25, 0.3) is 0 Å². The van der Waals surface area contributed by atoms with E-state index in [1.165, 1.54) is 6.08 Å². The Labute approximate surface area is 96.9 Å². The minimum Gasteiger partial charge on any atom is -0.376 e. The number of amides is 1. The van der Waals surface area contributed by atoms with E-state index in [4.69, 9.17) is 10.4 Å². The van der Waals surface area contributed by atoms with Crippen LogP contribution in [-0.4, -0.2) is 17.7 Å². The smallest absolute Gasteiger partial charge is 0.248 e. The van der Waals surface area contributed by atoms with Gasteiger partial charge in [-0.3, -0.25) is 4.79 Å². The predicted molar refractivity (Wildman–Crippen MR) is 66.2 cm³/mol. The van der Waals surface area contributed by atoms with Gasteiger partial charge in [0, 0.05) is 11.6 Å². The Kier molecular flexibility index (Phi) is 22.6. The molecule has 0 bridgehead atoms. The molecule has 0 rings (SSSR count). The minimum absolute atomic E-state index is 0.312. The van der Waals surface area contributed by atoms with Crippen molar-refractivity contribution >= 4 is 5.91 Å². The number of nitrogens with one attached hydrogen (secondary N) is 1. The van der Waals surface area contributed by atoms with Crippen molar-refractivity contribution in [2.75, 3.05) is 6.73 Å². The lowest BCUT2D eigenvalue weighted by Crippen LogP contribution is -2.24. The molecule has 16 heavy (non-hydrogen) atoms. The molecule has 0 unspecified atom stereocenters. The van der Waals surface area contributed by atoms with Gasteiger partial charge in [0.15, 0.2) is 0 Å². The van der Waals surface area contributed by atoms with E-state index >= 15 is 0 Å². The standard InChI is InChI=1S/C5H9NO2.C4H6.C3H3N/c1-4(2)5(8)6-3-7;1-3-4-2;1-2-3-4/h7H,1,3H2,2H3,(H,6,8);3-4H,1-2H2;2H,1H2. The molecule has 0 heterocycles. The summed E-state index contributed by atoms with van der Waals surface area (Å²) in [7, 11) is 0. The van der Waals surface area contributed by atoms with Crippen LogP contribution in [0.3, 0.4) is 0 Å². The third-order valence-corrected chi connectivity index (χ3v) is 0.885. The Balaban J connectivity index is -0.000000179. The monoisotopic (exact) mass is 222 g/mol. The van der Waals surface area contributed by atoms with Crippen LogP contribution >= 0.6 is 0 Å². The number of aliphatic hydroxyl groups is 1. The molecule has 0 aliphatic rings. The minimum atomic E-state index is -0.328. The van der Waals surface area contributed by atoms with E-state index in [0.29, 0.717) is 5.57 Å². The van der Waals surface area contributed by atoms with E-state index in [1.54, 1.807) is 25.1 Å². The number of nitriles is 1. The zero-order valence-corrected chi connectivity index (χ0v) is 9.57. The molecule has 0 saturated heterocycles. The summed E-state index contributed by atoms with van der Waals surface area (Å²) in [6.45, 7) is 14.4. The molecule has 4 heteroatoms. The number of rotatable bonds is 3. The summed E-state index contributed by atoms with van der Waals surface area (Å²) in [5.74, 6) is -0.312. The molecule has 2 N–H and O–H groups in total. The van der Waals surface area contributed by atoms with Crippen molar-refractivity contribution in [3.63, 3.8) is 0 Å². The Bertz CT molecular complexity index is 269. The van der Waals surface area contributed by atoms with Crippen LogP contribution < -0.4 is 5.32 Å². The van der Waals surface area contributed by atoms with Gasteiger partial charge in [0.2, 0.25) is 5.91 Å². The highest BCUT2D eigenvalue weighted by atomic mass is 16.3. The number of aliphatic hydroxyl groups excluding tert-OH is 1. The van der Waals surface area contributed by atoms with E-state index in [9.17, 15) is 4.79 Å².